The van der Waals surface area contributed by atoms with E-state index in [9.17, 15) is 10.2 Å². The molecular formula is C16H26O2. The molecule has 1 aromatic carbocycles. The van der Waals surface area contributed by atoms with Crippen molar-refractivity contribution < 1.29 is 10.2 Å². The number of hydrogen-bond donors (Lipinski definition) is 2. The number of aliphatic hydroxyl groups excluding tert-OH is 2. The molecule has 1 rings (SSSR count). The first-order valence-electron chi connectivity index (χ1n) is 7.15. The molecule has 0 aromatic heterocycles. The van der Waals surface area contributed by atoms with Crippen LogP contribution in [-0.4, -0.2) is 10.2 Å². The Balaban J connectivity index is 2.66. The summed E-state index contributed by atoms with van der Waals surface area (Å²) < 4.78 is 0. The average molecular weight is 250 g/mol. The number of aliphatic hydroxyl groups is 2. The molecule has 0 aliphatic rings. The van der Waals surface area contributed by atoms with Crippen LogP contribution in [0.25, 0.3) is 0 Å². The van der Waals surface area contributed by atoms with Gasteiger partial charge >= 0.3 is 0 Å². The molecule has 0 unspecified atom stereocenters. The Morgan fingerprint density at radius 2 is 1.33 bits per heavy atom. The summed E-state index contributed by atoms with van der Waals surface area (Å²) in [5.41, 5.74) is 1.85. The lowest BCUT2D eigenvalue weighted by Crippen LogP contribution is -2.01. The largest absolute Gasteiger partial charge is 0.388 e. The summed E-state index contributed by atoms with van der Waals surface area (Å²) in [4.78, 5) is 0. The van der Waals surface area contributed by atoms with Crippen LogP contribution < -0.4 is 0 Å². The predicted molar refractivity (Wildman–Crippen MR) is 75.4 cm³/mol. The van der Waals surface area contributed by atoms with E-state index in [-0.39, 0.29) is 0 Å². The lowest BCUT2D eigenvalue weighted by molar-refractivity contribution is 0.157. The zero-order valence-corrected chi connectivity index (χ0v) is 11.6. The SMILES string of the molecule is CCCC[C@@H](O)c1cccc([C@H](O)CCCC)c1. The Kier molecular flexibility index (Phi) is 6.99. The van der Waals surface area contributed by atoms with E-state index in [4.69, 9.17) is 0 Å². The first-order valence-corrected chi connectivity index (χ1v) is 7.15. The Hall–Kier alpha value is -0.860. The van der Waals surface area contributed by atoms with Gasteiger partial charge in [0.05, 0.1) is 12.2 Å². The molecule has 0 fully saturated rings. The summed E-state index contributed by atoms with van der Waals surface area (Å²) in [6.45, 7) is 4.25. The summed E-state index contributed by atoms with van der Waals surface area (Å²) in [6, 6.07) is 7.75. The maximum atomic E-state index is 10.1. The van der Waals surface area contributed by atoms with Crippen LogP contribution in [0.15, 0.2) is 24.3 Å². The van der Waals surface area contributed by atoms with E-state index in [2.05, 4.69) is 13.8 Å². The van der Waals surface area contributed by atoms with Gasteiger partial charge in [-0.15, -0.1) is 0 Å². The van der Waals surface area contributed by atoms with Gasteiger partial charge in [-0.1, -0.05) is 63.8 Å². The number of unbranched alkanes of at least 4 members (excludes halogenated alkanes) is 2. The quantitative estimate of drug-likeness (QED) is 0.728. The summed E-state index contributed by atoms with van der Waals surface area (Å²) in [5, 5.41) is 20.1. The second-order valence-electron chi connectivity index (χ2n) is 4.99. The number of benzene rings is 1. The van der Waals surface area contributed by atoms with Crippen LogP contribution in [0.4, 0.5) is 0 Å². The smallest absolute Gasteiger partial charge is 0.0790 e. The second-order valence-corrected chi connectivity index (χ2v) is 4.99. The van der Waals surface area contributed by atoms with E-state index in [0.717, 1.165) is 49.7 Å². The van der Waals surface area contributed by atoms with Crippen LogP contribution in [0.2, 0.25) is 0 Å². The van der Waals surface area contributed by atoms with Crippen molar-refractivity contribution in [3.05, 3.63) is 35.4 Å². The molecule has 0 heterocycles. The van der Waals surface area contributed by atoms with Crippen LogP contribution >= 0.6 is 0 Å². The Labute approximate surface area is 111 Å². The standard InChI is InChI=1S/C16H26O2/c1-3-5-10-15(17)13-8-7-9-14(12-13)16(18)11-6-4-2/h7-9,12,15-18H,3-6,10-11H2,1-2H3/t15-,16-/m1/s1. The van der Waals surface area contributed by atoms with Crippen LogP contribution in [-0.2, 0) is 0 Å². The molecule has 0 amide bonds. The molecule has 0 aliphatic heterocycles. The third kappa shape index (κ3) is 4.79. The molecular weight excluding hydrogens is 224 g/mol. The first-order chi connectivity index (χ1) is 8.69. The van der Waals surface area contributed by atoms with Crippen molar-refractivity contribution in [1.29, 1.82) is 0 Å². The molecule has 0 saturated heterocycles. The first kappa shape index (κ1) is 15.2. The molecule has 0 radical (unpaired) electrons. The molecule has 2 atom stereocenters. The highest BCUT2D eigenvalue weighted by atomic mass is 16.3. The summed E-state index contributed by atoms with van der Waals surface area (Å²) >= 11 is 0. The Morgan fingerprint density at radius 3 is 1.72 bits per heavy atom. The lowest BCUT2D eigenvalue weighted by atomic mass is 9.98. The van der Waals surface area contributed by atoms with Crippen molar-refractivity contribution in [2.75, 3.05) is 0 Å². The van der Waals surface area contributed by atoms with E-state index >= 15 is 0 Å². The monoisotopic (exact) mass is 250 g/mol. The molecule has 0 saturated carbocycles. The molecule has 18 heavy (non-hydrogen) atoms. The predicted octanol–water partition coefficient (Wildman–Crippen LogP) is 4.13. The molecule has 0 aliphatic carbocycles. The fraction of sp³-hybridized carbons (Fsp3) is 0.625. The second kappa shape index (κ2) is 8.28. The van der Waals surface area contributed by atoms with Gasteiger partial charge in [0.25, 0.3) is 0 Å². The third-order valence-electron chi connectivity index (χ3n) is 3.34. The van der Waals surface area contributed by atoms with Crippen molar-refractivity contribution in [3.63, 3.8) is 0 Å². The minimum atomic E-state index is -0.400. The van der Waals surface area contributed by atoms with Crippen molar-refractivity contribution >= 4 is 0 Å². The molecule has 0 spiro atoms. The van der Waals surface area contributed by atoms with Gasteiger partial charge in [-0.05, 0) is 24.0 Å². The van der Waals surface area contributed by atoms with Gasteiger partial charge in [-0.2, -0.15) is 0 Å². The topological polar surface area (TPSA) is 40.5 Å². The maximum absolute atomic E-state index is 10.1. The van der Waals surface area contributed by atoms with Crippen molar-refractivity contribution in [3.8, 4) is 0 Å². The Bertz CT molecular complexity index is 306. The van der Waals surface area contributed by atoms with Gasteiger partial charge in [-0.25, -0.2) is 0 Å². The molecule has 0 bridgehead atoms. The van der Waals surface area contributed by atoms with Gasteiger partial charge in [0.15, 0.2) is 0 Å². The van der Waals surface area contributed by atoms with Gasteiger partial charge in [-0.3, -0.25) is 0 Å². The van der Waals surface area contributed by atoms with Gasteiger partial charge in [0, 0.05) is 0 Å². The maximum Gasteiger partial charge on any atom is 0.0790 e. The molecule has 1 aromatic rings. The highest BCUT2D eigenvalue weighted by molar-refractivity contribution is 5.26. The Morgan fingerprint density at radius 1 is 0.889 bits per heavy atom. The van der Waals surface area contributed by atoms with E-state index in [1.54, 1.807) is 0 Å². The van der Waals surface area contributed by atoms with Crippen LogP contribution in [0, 0.1) is 0 Å². The number of hydrogen-bond acceptors (Lipinski definition) is 2. The van der Waals surface area contributed by atoms with Gasteiger partial charge in [0.2, 0.25) is 0 Å². The minimum absolute atomic E-state index is 0.400. The highest BCUT2D eigenvalue weighted by Crippen LogP contribution is 2.25. The third-order valence-corrected chi connectivity index (χ3v) is 3.34. The molecule has 2 heteroatoms. The van der Waals surface area contributed by atoms with Crippen LogP contribution in [0.3, 0.4) is 0 Å². The highest BCUT2D eigenvalue weighted by Gasteiger charge is 2.11. The van der Waals surface area contributed by atoms with E-state index in [1.165, 1.54) is 0 Å². The van der Waals surface area contributed by atoms with Gasteiger partial charge in [0.1, 0.15) is 0 Å². The average Bonchev–Trinajstić information content (AvgIpc) is 2.42. The van der Waals surface area contributed by atoms with Crippen molar-refractivity contribution in [1.82, 2.24) is 0 Å². The summed E-state index contributed by atoms with van der Waals surface area (Å²) in [6.07, 6.45) is 5.04. The van der Waals surface area contributed by atoms with E-state index < -0.39 is 12.2 Å². The zero-order valence-electron chi connectivity index (χ0n) is 11.6. The molecule has 2 N–H and O–H groups in total. The van der Waals surface area contributed by atoms with Crippen LogP contribution in [0.5, 0.6) is 0 Å². The van der Waals surface area contributed by atoms with Crippen molar-refractivity contribution in [2.24, 2.45) is 0 Å². The van der Waals surface area contributed by atoms with E-state index in [1.807, 2.05) is 24.3 Å². The fourth-order valence-electron chi connectivity index (χ4n) is 2.10. The molecule has 2 nitrogen and oxygen atoms in total. The normalized spacial score (nSPS) is 14.4. The van der Waals surface area contributed by atoms with Gasteiger partial charge < -0.3 is 10.2 Å². The van der Waals surface area contributed by atoms with Crippen LogP contribution in [0.1, 0.15) is 75.7 Å². The molecule has 102 valence electrons. The van der Waals surface area contributed by atoms with Crippen molar-refractivity contribution in [2.45, 2.75) is 64.6 Å². The zero-order chi connectivity index (χ0) is 13.4. The minimum Gasteiger partial charge on any atom is -0.388 e. The summed E-state index contributed by atoms with van der Waals surface area (Å²) in [5.74, 6) is 0. The van der Waals surface area contributed by atoms with E-state index in [0.29, 0.717) is 0 Å². The lowest BCUT2D eigenvalue weighted by Gasteiger charge is -2.15. The summed E-state index contributed by atoms with van der Waals surface area (Å²) in [7, 11) is 0. The fourth-order valence-corrected chi connectivity index (χ4v) is 2.10. The number of rotatable bonds is 8.